The molecule has 0 atom stereocenters. The number of nitrogens with zero attached hydrogens (tertiary/aromatic N) is 4. The minimum absolute atomic E-state index is 0.0229. The van der Waals surface area contributed by atoms with Crippen LogP contribution in [-0.4, -0.2) is 49.1 Å². The zero-order valence-corrected chi connectivity index (χ0v) is 16.7. The predicted molar refractivity (Wildman–Crippen MR) is 103 cm³/mol. The van der Waals surface area contributed by atoms with Gasteiger partial charge in [-0.25, -0.2) is 4.98 Å². The maximum absolute atomic E-state index is 13.2. The van der Waals surface area contributed by atoms with Crippen molar-refractivity contribution in [3.8, 4) is 0 Å². The van der Waals surface area contributed by atoms with Crippen LogP contribution in [0.25, 0.3) is 0 Å². The highest BCUT2D eigenvalue weighted by Crippen LogP contribution is 2.31. The summed E-state index contributed by atoms with van der Waals surface area (Å²) >= 11 is 1.44. The van der Waals surface area contributed by atoms with Crippen molar-refractivity contribution in [1.82, 2.24) is 15.3 Å². The molecule has 6 nitrogen and oxygen atoms in total. The van der Waals surface area contributed by atoms with Crippen LogP contribution in [0.1, 0.15) is 33.1 Å². The number of halogens is 3. The lowest BCUT2D eigenvalue weighted by atomic mass is 10.1. The van der Waals surface area contributed by atoms with Crippen molar-refractivity contribution in [2.45, 2.75) is 32.0 Å². The Hall–Kier alpha value is -2.36. The summed E-state index contributed by atoms with van der Waals surface area (Å²) in [6.07, 6.45) is -3.30. The number of aromatic nitrogens is 2. The second kappa shape index (κ2) is 7.94. The van der Waals surface area contributed by atoms with E-state index >= 15 is 0 Å². The Balaban J connectivity index is 1.67. The number of piperidine rings is 1. The number of thiophene rings is 1. The summed E-state index contributed by atoms with van der Waals surface area (Å²) in [7, 11) is 3.28. The summed E-state index contributed by atoms with van der Waals surface area (Å²) in [6, 6.07) is 4.61. The molecule has 152 valence electrons. The van der Waals surface area contributed by atoms with E-state index < -0.39 is 11.9 Å². The topological polar surface area (TPSA) is 61.4 Å². The lowest BCUT2D eigenvalue weighted by molar-refractivity contribution is -0.141. The van der Waals surface area contributed by atoms with Gasteiger partial charge >= 0.3 is 6.18 Å². The van der Waals surface area contributed by atoms with Crippen LogP contribution >= 0.6 is 11.3 Å². The van der Waals surface area contributed by atoms with E-state index in [1.165, 1.54) is 16.2 Å². The minimum Gasteiger partial charge on any atom is -0.363 e. The van der Waals surface area contributed by atoms with E-state index in [9.17, 15) is 18.0 Å². The van der Waals surface area contributed by atoms with E-state index in [-0.39, 0.29) is 23.7 Å². The first-order valence-corrected chi connectivity index (χ1v) is 9.71. The Bertz CT molecular complexity index is 844. The second-order valence-corrected chi connectivity index (χ2v) is 8.24. The Morgan fingerprint density at radius 1 is 1.25 bits per heavy atom. The standard InChI is InChI=1S/C18H22F3N5OS/c1-11-4-5-13(28-11)16(27)22-12-6-8-26(9-7-12)17-23-14(18(19,20)21)10-15(24-17)25(2)3/h4-5,10,12H,6-9H2,1-3H3,(H,22,27). The van der Waals surface area contributed by atoms with Crippen LogP contribution in [0.5, 0.6) is 0 Å². The molecule has 0 bridgehead atoms. The van der Waals surface area contributed by atoms with Gasteiger partial charge in [0, 0.05) is 44.2 Å². The van der Waals surface area contributed by atoms with Crippen LogP contribution in [0, 0.1) is 6.92 Å². The van der Waals surface area contributed by atoms with E-state index in [0.29, 0.717) is 30.8 Å². The molecule has 0 unspecified atom stereocenters. The summed E-state index contributed by atoms with van der Waals surface area (Å²) in [5.74, 6) is 0.166. The van der Waals surface area contributed by atoms with Crippen molar-refractivity contribution >= 4 is 29.0 Å². The van der Waals surface area contributed by atoms with E-state index in [2.05, 4.69) is 15.3 Å². The smallest absolute Gasteiger partial charge is 0.363 e. The lowest BCUT2D eigenvalue weighted by Crippen LogP contribution is -2.45. The number of rotatable bonds is 4. The minimum atomic E-state index is -4.53. The highest BCUT2D eigenvalue weighted by Gasteiger charge is 2.35. The van der Waals surface area contributed by atoms with Crippen LogP contribution in [0.3, 0.4) is 0 Å². The third kappa shape index (κ3) is 4.73. The highest BCUT2D eigenvalue weighted by atomic mass is 32.1. The number of carbonyl (C=O) groups excluding carboxylic acids is 1. The molecule has 1 fully saturated rings. The molecule has 1 N–H and O–H groups in total. The van der Waals surface area contributed by atoms with Crippen LogP contribution in [0.4, 0.5) is 24.9 Å². The molecule has 0 spiro atoms. The average Bonchev–Trinajstić information content (AvgIpc) is 3.08. The van der Waals surface area contributed by atoms with Gasteiger partial charge in [-0.3, -0.25) is 4.79 Å². The quantitative estimate of drug-likeness (QED) is 0.833. The molecule has 0 aromatic carbocycles. The molecule has 1 aliphatic rings. The fourth-order valence-electron chi connectivity index (χ4n) is 2.97. The number of nitrogens with one attached hydrogen (secondary N) is 1. The number of carbonyl (C=O) groups is 1. The second-order valence-electron chi connectivity index (χ2n) is 6.95. The largest absolute Gasteiger partial charge is 0.433 e. The summed E-state index contributed by atoms with van der Waals surface area (Å²) in [4.78, 5) is 25.3. The molecule has 2 aromatic rings. The van der Waals surface area contributed by atoms with Gasteiger partial charge in [-0.2, -0.15) is 18.2 Å². The lowest BCUT2D eigenvalue weighted by Gasteiger charge is -2.33. The SMILES string of the molecule is Cc1ccc(C(=O)NC2CCN(c3nc(N(C)C)cc(C(F)(F)F)n3)CC2)s1. The Labute approximate surface area is 165 Å². The molecule has 0 saturated carbocycles. The molecule has 1 aliphatic heterocycles. The van der Waals surface area contributed by atoms with Crippen molar-refractivity contribution in [2.75, 3.05) is 37.0 Å². The van der Waals surface area contributed by atoms with Gasteiger partial charge in [-0.05, 0) is 31.9 Å². The Kier molecular flexibility index (Phi) is 5.78. The summed E-state index contributed by atoms with van der Waals surface area (Å²) in [5, 5.41) is 3.00. The normalized spacial score (nSPS) is 15.6. The van der Waals surface area contributed by atoms with Gasteiger partial charge in [0.05, 0.1) is 4.88 Å². The first-order valence-electron chi connectivity index (χ1n) is 8.89. The molecule has 2 aromatic heterocycles. The maximum Gasteiger partial charge on any atom is 0.433 e. The number of hydrogen-bond donors (Lipinski definition) is 1. The average molecular weight is 413 g/mol. The summed E-state index contributed by atoms with van der Waals surface area (Å²) < 4.78 is 39.5. The van der Waals surface area contributed by atoms with Crippen LogP contribution in [0.2, 0.25) is 0 Å². The van der Waals surface area contributed by atoms with E-state index in [0.717, 1.165) is 10.9 Å². The van der Waals surface area contributed by atoms with E-state index in [1.54, 1.807) is 25.1 Å². The Morgan fingerprint density at radius 2 is 1.93 bits per heavy atom. The fraction of sp³-hybridized carbons (Fsp3) is 0.500. The molecule has 28 heavy (non-hydrogen) atoms. The third-order valence-corrected chi connectivity index (χ3v) is 5.53. The van der Waals surface area contributed by atoms with E-state index in [4.69, 9.17) is 0 Å². The van der Waals surface area contributed by atoms with Crippen LogP contribution in [0.15, 0.2) is 18.2 Å². The van der Waals surface area contributed by atoms with E-state index in [1.807, 2.05) is 13.0 Å². The fourth-order valence-corrected chi connectivity index (χ4v) is 3.75. The summed E-state index contributed by atoms with van der Waals surface area (Å²) in [5.41, 5.74) is -0.954. The molecule has 1 saturated heterocycles. The third-order valence-electron chi connectivity index (χ3n) is 4.53. The van der Waals surface area contributed by atoms with Crippen LogP contribution < -0.4 is 15.1 Å². The van der Waals surface area contributed by atoms with Gasteiger partial charge in [0.25, 0.3) is 5.91 Å². The van der Waals surface area contributed by atoms with Crippen molar-refractivity contribution in [3.05, 3.63) is 33.6 Å². The number of anilines is 2. The molecule has 0 aliphatic carbocycles. The maximum atomic E-state index is 13.2. The molecule has 3 heterocycles. The van der Waals surface area contributed by atoms with Gasteiger partial charge < -0.3 is 15.1 Å². The molecule has 1 amide bonds. The predicted octanol–water partition coefficient (Wildman–Crippen LogP) is 3.33. The number of aryl methyl sites for hydroxylation is 1. The van der Waals surface area contributed by atoms with Gasteiger partial charge in [-0.15, -0.1) is 11.3 Å². The first-order chi connectivity index (χ1) is 13.1. The highest BCUT2D eigenvalue weighted by molar-refractivity contribution is 7.13. The van der Waals surface area contributed by atoms with Crippen molar-refractivity contribution < 1.29 is 18.0 Å². The summed E-state index contributed by atoms with van der Waals surface area (Å²) in [6.45, 7) is 2.89. The number of hydrogen-bond acceptors (Lipinski definition) is 6. The van der Waals surface area contributed by atoms with Crippen molar-refractivity contribution in [2.24, 2.45) is 0 Å². The van der Waals surface area contributed by atoms with Crippen LogP contribution in [-0.2, 0) is 6.18 Å². The van der Waals surface area contributed by atoms with Gasteiger partial charge in [0.1, 0.15) is 5.82 Å². The molecule has 10 heteroatoms. The molecular formula is C18H22F3N5OS. The zero-order valence-electron chi connectivity index (χ0n) is 15.9. The van der Waals surface area contributed by atoms with Crippen molar-refractivity contribution in [1.29, 1.82) is 0 Å². The van der Waals surface area contributed by atoms with Gasteiger partial charge in [0.15, 0.2) is 5.69 Å². The van der Waals surface area contributed by atoms with Gasteiger partial charge in [-0.1, -0.05) is 0 Å². The first kappa shape index (κ1) is 20.4. The number of amides is 1. The molecule has 3 rings (SSSR count). The zero-order chi connectivity index (χ0) is 20.5. The van der Waals surface area contributed by atoms with Crippen molar-refractivity contribution in [3.63, 3.8) is 0 Å². The Morgan fingerprint density at radius 3 is 2.46 bits per heavy atom. The molecular weight excluding hydrogens is 391 g/mol. The van der Waals surface area contributed by atoms with Gasteiger partial charge in [0.2, 0.25) is 5.95 Å². The number of alkyl halides is 3. The molecule has 0 radical (unpaired) electrons. The monoisotopic (exact) mass is 413 g/mol.